The van der Waals surface area contributed by atoms with Crippen molar-refractivity contribution in [3.63, 3.8) is 0 Å². The van der Waals surface area contributed by atoms with Crippen LogP contribution >= 0.6 is 22.9 Å². The van der Waals surface area contributed by atoms with Gasteiger partial charge in [0.05, 0.1) is 4.88 Å². The Balaban J connectivity index is 1.47. The summed E-state index contributed by atoms with van der Waals surface area (Å²) in [5.74, 6) is 0.568. The number of piperidine rings is 3. The Kier molecular flexibility index (Phi) is 4.09. The zero-order valence-electron chi connectivity index (χ0n) is 12.7. The number of hydrogen-bond acceptors (Lipinski definition) is 4. The summed E-state index contributed by atoms with van der Waals surface area (Å²) in [6.07, 6.45) is 4.13. The van der Waals surface area contributed by atoms with E-state index in [0.717, 1.165) is 17.0 Å². The van der Waals surface area contributed by atoms with Crippen molar-refractivity contribution in [1.29, 1.82) is 0 Å². The minimum atomic E-state index is -0.0537. The van der Waals surface area contributed by atoms with Gasteiger partial charge in [-0.05, 0) is 49.5 Å². The van der Waals surface area contributed by atoms with E-state index in [9.17, 15) is 4.79 Å². The Bertz CT molecular complexity index is 724. The molecule has 2 bridgehead atoms. The molecule has 1 amide bonds. The molecule has 5 rings (SSSR count). The Labute approximate surface area is 144 Å². The van der Waals surface area contributed by atoms with E-state index >= 15 is 0 Å². The van der Waals surface area contributed by atoms with Crippen molar-refractivity contribution in [2.75, 3.05) is 19.6 Å². The van der Waals surface area contributed by atoms with Gasteiger partial charge >= 0.3 is 0 Å². The summed E-state index contributed by atoms with van der Waals surface area (Å²) in [7, 11) is 0. The average molecular weight is 348 g/mol. The topological polar surface area (TPSA) is 45.2 Å². The molecule has 0 spiro atoms. The van der Waals surface area contributed by atoms with Crippen molar-refractivity contribution >= 4 is 28.8 Å². The zero-order chi connectivity index (χ0) is 15.8. The van der Waals surface area contributed by atoms with Crippen molar-refractivity contribution in [3.05, 3.63) is 40.5 Å². The Hall–Kier alpha value is -1.43. The second-order valence-corrected chi connectivity index (χ2v) is 7.73. The summed E-state index contributed by atoms with van der Waals surface area (Å²) in [6, 6.07) is 7.89. The highest BCUT2D eigenvalue weighted by atomic mass is 35.5. The molecule has 3 aliphatic rings. The van der Waals surface area contributed by atoms with E-state index in [-0.39, 0.29) is 11.9 Å². The highest BCUT2D eigenvalue weighted by molar-refractivity contribution is 7.17. The molecular weight excluding hydrogens is 330 g/mol. The number of fused-ring (bicyclic) bond motifs is 3. The lowest BCUT2D eigenvalue weighted by Gasteiger charge is -2.44. The van der Waals surface area contributed by atoms with E-state index in [1.54, 1.807) is 6.20 Å². The monoisotopic (exact) mass is 347 g/mol. The number of amides is 1. The predicted octanol–water partition coefficient (Wildman–Crippen LogP) is 3.29. The molecule has 0 aliphatic carbocycles. The van der Waals surface area contributed by atoms with Crippen LogP contribution in [0.4, 0.5) is 0 Å². The quantitative estimate of drug-likeness (QED) is 0.926. The first-order valence-electron chi connectivity index (χ1n) is 7.94. The normalized spacial score (nSPS) is 26.2. The van der Waals surface area contributed by atoms with Crippen LogP contribution in [0.1, 0.15) is 22.6 Å². The van der Waals surface area contributed by atoms with Gasteiger partial charge in [0.15, 0.2) is 5.01 Å². The van der Waals surface area contributed by atoms with Gasteiger partial charge in [-0.1, -0.05) is 23.7 Å². The third kappa shape index (κ3) is 3.13. The van der Waals surface area contributed by atoms with Gasteiger partial charge in [-0.15, -0.1) is 11.3 Å². The summed E-state index contributed by atoms with van der Waals surface area (Å²) >= 11 is 7.45. The van der Waals surface area contributed by atoms with Crippen LogP contribution < -0.4 is 5.32 Å². The first kappa shape index (κ1) is 15.1. The van der Waals surface area contributed by atoms with E-state index in [2.05, 4.69) is 15.2 Å². The number of nitrogens with one attached hydrogen (secondary N) is 1. The molecule has 3 fully saturated rings. The van der Waals surface area contributed by atoms with Gasteiger partial charge < -0.3 is 10.2 Å². The standard InChI is InChI=1S/C17H18ClN3OS/c18-13-3-1-2-12(8-13)15-9-19-17(23-15)16(22)20-14-10-21-6-4-11(14)5-7-21/h1-3,8-9,11,14H,4-7,10H2,(H,20,22). The Morgan fingerprint density at radius 1 is 1.35 bits per heavy atom. The largest absolute Gasteiger partial charge is 0.346 e. The predicted molar refractivity (Wildman–Crippen MR) is 93.0 cm³/mol. The van der Waals surface area contributed by atoms with Crippen LogP contribution in [0.25, 0.3) is 10.4 Å². The second kappa shape index (κ2) is 6.23. The molecule has 0 radical (unpaired) electrons. The summed E-state index contributed by atoms with van der Waals surface area (Å²) in [5.41, 5.74) is 0.997. The van der Waals surface area contributed by atoms with Crippen molar-refractivity contribution < 1.29 is 4.79 Å². The maximum absolute atomic E-state index is 12.5. The zero-order valence-corrected chi connectivity index (χ0v) is 14.2. The van der Waals surface area contributed by atoms with Gasteiger partial charge in [0.2, 0.25) is 0 Å². The van der Waals surface area contributed by atoms with E-state index in [1.807, 2.05) is 24.3 Å². The van der Waals surface area contributed by atoms with Gasteiger partial charge in [0, 0.05) is 23.8 Å². The highest BCUT2D eigenvalue weighted by Gasteiger charge is 2.35. The van der Waals surface area contributed by atoms with E-state index < -0.39 is 0 Å². The molecule has 1 atom stereocenters. The number of halogens is 1. The van der Waals surface area contributed by atoms with Crippen LogP contribution in [-0.4, -0.2) is 41.5 Å². The molecule has 1 unspecified atom stereocenters. The lowest BCUT2D eigenvalue weighted by molar-refractivity contribution is 0.0620. The fourth-order valence-corrected chi connectivity index (χ4v) is 4.52. The molecular formula is C17H18ClN3OS. The first-order chi connectivity index (χ1) is 11.2. The van der Waals surface area contributed by atoms with Crippen molar-refractivity contribution in [3.8, 4) is 10.4 Å². The number of nitrogens with zero attached hydrogens (tertiary/aromatic N) is 2. The molecule has 23 heavy (non-hydrogen) atoms. The molecule has 1 aromatic carbocycles. The van der Waals surface area contributed by atoms with Gasteiger partial charge in [0.1, 0.15) is 0 Å². The van der Waals surface area contributed by atoms with E-state index in [4.69, 9.17) is 11.6 Å². The van der Waals surface area contributed by atoms with Crippen LogP contribution in [0, 0.1) is 5.92 Å². The maximum Gasteiger partial charge on any atom is 0.280 e. The molecule has 4 nitrogen and oxygen atoms in total. The lowest BCUT2D eigenvalue weighted by Crippen LogP contribution is -2.57. The van der Waals surface area contributed by atoms with Crippen LogP contribution in [0.5, 0.6) is 0 Å². The van der Waals surface area contributed by atoms with Crippen molar-refractivity contribution in [2.24, 2.45) is 5.92 Å². The van der Waals surface area contributed by atoms with Gasteiger partial charge in [-0.2, -0.15) is 0 Å². The SMILES string of the molecule is O=C(NC1CN2CCC1CC2)c1ncc(-c2cccc(Cl)c2)s1. The summed E-state index contributed by atoms with van der Waals surface area (Å²) in [6.45, 7) is 3.32. The number of aromatic nitrogens is 1. The average Bonchev–Trinajstić information content (AvgIpc) is 3.06. The fraction of sp³-hybridized carbons (Fsp3) is 0.412. The summed E-state index contributed by atoms with van der Waals surface area (Å²) < 4.78 is 0. The third-order valence-corrected chi connectivity index (χ3v) is 6.06. The molecule has 120 valence electrons. The van der Waals surface area contributed by atoms with Gasteiger partial charge in [0.25, 0.3) is 5.91 Å². The highest BCUT2D eigenvalue weighted by Crippen LogP contribution is 2.30. The second-order valence-electron chi connectivity index (χ2n) is 6.26. The number of thiazole rings is 1. The number of hydrogen-bond donors (Lipinski definition) is 1. The van der Waals surface area contributed by atoms with E-state index in [1.165, 1.54) is 37.3 Å². The van der Waals surface area contributed by atoms with Crippen LogP contribution in [0.3, 0.4) is 0 Å². The molecule has 1 aromatic heterocycles. The first-order valence-corrected chi connectivity index (χ1v) is 9.13. The smallest absolute Gasteiger partial charge is 0.280 e. The molecule has 4 heterocycles. The van der Waals surface area contributed by atoms with Crippen molar-refractivity contribution in [2.45, 2.75) is 18.9 Å². The van der Waals surface area contributed by atoms with Gasteiger partial charge in [-0.25, -0.2) is 4.98 Å². The Morgan fingerprint density at radius 2 is 2.17 bits per heavy atom. The lowest BCUT2D eigenvalue weighted by atomic mass is 9.84. The number of carbonyl (C=O) groups is 1. The van der Waals surface area contributed by atoms with Crippen LogP contribution in [-0.2, 0) is 0 Å². The minimum absolute atomic E-state index is 0.0537. The van der Waals surface area contributed by atoms with Crippen molar-refractivity contribution in [1.82, 2.24) is 15.2 Å². The fourth-order valence-electron chi connectivity index (χ4n) is 3.51. The minimum Gasteiger partial charge on any atom is -0.346 e. The Morgan fingerprint density at radius 3 is 2.87 bits per heavy atom. The maximum atomic E-state index is 12.5. The molecule has 3 aliphatic heterocycles. The number of carbonyl (C=O) groups excluding carboxylic acids is 1. The number of rotatable bonds is 3. The van der Waals surface area contributed by atoms with Gasteiger partial charge in [-0.3, -0.25) is 4.79 Å². The van der Waals surface area contributed by atoms with E-state index in [0.29, 0.717) is 15.9 Å². The summed E-state index contributed by atoms with van der Waals surface area (Å²) in [4.78, 5) is 20.2. The molecule has 0 saturated carbocycles. The number of benzene rings is 1. The third-order valence-electron chi connectivity index (χ3n) is 4.78. The molecule has 1 N–H and O–H groups in total. The molecule has 6 heteroatoms. The summed E-state index contributed by atoms with van der Waals surface area (Å²) in [5, 5.41) is 4.40. The molecule has 3 saturated heterocycles. The van der Waals surface area contributed by atoms with Crippen LogP contribution in [0.2, 0.25) is 5.02 Å². The molecule has 2 aromatic rings. The van der Waals surface area contributed by atoms with Crippen LogP contribution in [0.15, 0.2) is 30.5 Å².